The fraction of sp³-hybridized carbons (Fsp3) is 0.875. The first-order valence-corrected chi connectivity index (χ1v) is 4.06. The lowest BCUT2D eigenvalue weighted by atomic mass is 9.95. The molecule has 6 nitrogen and oxygen atoms in total. The molecule has 0 rings (SSSR count). The van der Waals surface area contributed by atoms with Crippen molar-refractivity contribution in [1.29, 1.82) is 0 Å². The number of carboxylic acids is 1. The van der Waals surface area contributed by atoms with Crippen LogP contribution in [0.15, 0.2) is 0 Å². The van der Waals surface area contributed by atoms with Crippen LogP contribution in [0.2, 0.25) is 0 Å². The highest BCUT2D eigenvalue weighted by molar-refractivity contribution is 5.71. The highest BCUT2D eigenvalue weighted by Gasteiger charge is 2.20. The standard InChI is InChI=1S/C5H12O3.C3H6O3/c1-5(2-6,3-7)4-8;1-2(4)3(5)6/h6-8H,2-4H2,1H3;2,4H,1H3,(H,5,6). The molecule has 6 heteroatoms. The Morgan fingerprint density at radius 3 is 1.43 bits per heavy atom. The highest BCUT2D eigenvalue weighted by atomic mass is 16.4. The van der Waals surface area contributed by atoms with Gasteiger partial charge in [-0.25, -0.2) is 4.79 Å². The van der Waals surface area contributed by atoms with E-state index in [0.29, 0.717) is 0 Å². The average molecular weight is 210 g/mol. The van der Waals surface area contributed by atoms with Crippen LogP contribution in [0.1, 0.15) is 13.8 Å². The van der Waals surface area contributed by atoms with E-state index in [1.807, 2.05) is 0 Å². The average Bonchev–Trinajstić information content (AvgIpc) is 2.17. The minimum Gasteiger partial charge on any atom is -0.479 e. The van der Waals surface area contributed by atoms with Gasteiger partial charge in [-0.15, -0.1) is 0 Å². The van der Waals surface area contributed by atoms with E-state index in [1.165, 1.54) is 6.92 Å². The van der Waals surface area contributed by atoms with Crippen molar-refractivity contribution < 1.29 is 30.3 Å². The van der Waals surface area contributed by atoms with Gasteiger partial charge in [-0.1, -0.05) is 6.92 Å². The van der Waals surface area contributed by atoms with Crippen molar-refractivity contribution in [2.45, 2.75) is 20.0 Å². The Labute approximate surface area is 82.4 Å². The summed E-state index contributed by atoms with van der Waals surface area (Å²) in [6.45, 7) is 2.26. The minimum atomic E-state index is -1.23. The van der Waals surface area contributed by atoms with Crippen LogP contribution < -0.4 is 0 Å². The molecule has 0 aliphatic heterocycles. The number of aliphatic hydroxyl groups excluding tert-OH is 4. The summed E-state index contributed by atoms with van der Waals surface area (Å²) in [4.78, 5) is 9.45. The Hall–Kier alpha value is -0.690. The molecule has 0 saturated heterocycles. The maximum absolute atomic E-state index is 9.45. The van der Waals surface area contributed by atoms with E-state index in [9.17, 15) is 4.79 Å². The molecule has 86 valence electrons. The van der Waals surface area contributed by atoms with Crippen LogP contribution in [-0.2, 0) is 4.79 Å². The topological polar surface area (TPSA) is 118 Å². The predicted molar refractivity (Wildman–Crippen MR) is 48.7 cm³/mol. The van der Waals surface area contributed by atoms with Gasteiger partial charge in [0, 0.05) is 5.41 Å². The number of rotatable bonds is 4. The molecule has 0 heterocycles. The molecular weight excluding hydrogens is 192 g/mol. The van der Waals surface area contributed by atoms with Gasteiger partial charge in [0.1, 0.15) is 6.10 Å². The molecule has 0 aromatic carbocycles. The second-order valence-corrected chi connectivity index (χ2v) is 3.30. The fourth-order valence-electron chi connectivity index (χ4n) is 0.150. The van der Waals surface area contributed by atoms with Crippen molar-refractivity contribution in [2.75, 3.05) is 19.8 Å². The molecule has 0 aliphatic rings. The van der Waals surface area contributed by atoms with Gasteiger partial charge >= 0.3 is 5.97 Å². The Morgan fingerprint density at radius 2 is 1.43 bits per heavy atom. The monoisotopic (exact) mass is 210 g/mol. The zero-order valence-corrected chi connectivity index (χ0v) is 8.34. The van der Waals surface area contributed by atoms with E-state index < -0.39 is 17.5 Å². The molecule has 0 aromatic heterocycles. The molecule has 1 atom stereocenters. The van der Waals surface area contributed by atoms with Crippen LogP contribution in [-0.4, -0.2) is 57.4 Å². The molecule has 14 heavy (non-hydrogen) atoms. The van der Waals surface area contributed by atoms with Gasteiger partial charge in [0.25, 0.3) is 0 Å². The third-order valence-corrected chi connectivity index (χ3v) is 1.50. The largest absolute Gasteiger partial charge is 0.479 e. The van der Waals surface area contributed by atoms with Gasteiger partial charge in [-0.3, -0.25) is 0 Å². The van der Waals surface area contributed by atoms with Gasteiger partial charge in [-0.2, -0.15) is 0 Å². The van der Waals surface area contributed by atoms with Crippen LogP contribution in [0.5, 0.6) is 0 Å². The predicted octanol–water partition coefficient (Wildman–Crippen LogP) is -1.58. The zero-order chi connectivity index (χ0) is 11.8. The van der Waals surface area contributed by atoms with Crippen molar-refractivity contribution in [1.82, 2.24) is 0 Å². The molecule has 0 spiro atoms. The molecule has 0 fully saturated rings. The number of hydrogen-bond acceptors (Lipinski definition) is 5. The SMILES string of the molecule is CC(CO)(CO)CO.CC(O)C(=O)O. The minimum absolute atomic E-state index is 0.181. The first-order valence-electron chi connectivity index (χ1n) is 4.06. The second kappa shape index (κ2) is 7.69. The first kappa shape index (κ1) is 15.8. The maximum Gasteiger partial charge on any atom is 0.332 e. The maximum atomic E-state index is 9.45. The van der Waals surface area contributed by atoms with Crippen molar-refractivity contribution in [3.8, 4) is 0 Å². The van der Waals surface area contributed by atoms with Gasteiger partial charge in [-0.05, 0) is 6.92 Å². The number of carbonyl (C=O) groups is 1. The molecule has 0 saturated carbocycles. The van der Waals surface area contributed by atoms with Crippen molar-refractivity contribution in [2.24, 2.45) is 5.41 Å². The Morgan fingerprint density at radius 1 is 1.21 bits per heavy atom. The third-order valence-electron chi connectivity index (χ3n) is 1.50. The Balaban J connectivity index is 0. The van der Waals surface area contributed by atoms with Gasteiger partial charge in [0.15, 0.2) is 0 Å². The van der Waals surface area contributed by atoms with Crippen LogP contribution in [0.3, 0.4) is 0 Å². The van der Waals surface area contributed by atoms with Crippen LogP contribution in [0, 0.1) is 5.41 Å². The van der Waals surface area contributed by atoms with Crippen molar-refractivity contribution in [3.05, 3.63) is 0 Å². The van der Waals surface area contributed by atoms with Gasteiger partial charge in [0.2, 0.25) is 0 Å². The zero-order valence-electron chi connectivity index (χ0n) is 8.34. The summed E-state index contributed by atoms with van der Waals surface area (Å²) in [7, 11) is 0. The quantitative estimate of drug-likeness (QED) is 0.382. The molecular formula is C8H18O6. The van der Waals surface area contributed by atoms with Crippen molar-refractivity contribution in [3.63, 3.8) is 0 Å². The number of aliphatic carboxylic acids is 1. The summed E-state index contributed by atoms with van der Waals surface area (Å²) in [6.07, 6.45) is -1.23. The summed E-state index contributed by atoms with van der Waals surface area (Å²) in [6, 6.07) is 0. The molecule has 1 unspecified atom stereocenters. The second-order valence-electron chi connectivity index (χ2n) is 3.30. The number of hydrogen-bond donors (Lipinski definition) is 5. The first-order chi connectivity index (χ1) is 6.32. The van der Waals surface area contributed by atoms with Crippen LogP contribution in [0.25, 0.3) is 0 Å². The molecule has 0 bridgehead atoms. The lowest BCUT2D eigenvalue weighted by molar-refractivity contribution is -0.145. The van der Waals surface area contributed by atoms with E-state index >= 15 is 0 Å². The molecule has 0 aromatic rings. The highest BCUT2D eigenvalue weighted by Crippen LogP contribution is 2.10. The van der Waals surface area contributed by atoms with E-state index in [1.54, 1.807) is 6.92 Å². The summed E-state index contributed by atoms with van der Waals surface area (Å²) in [5, 5.41) is 41.2. The smallest absolute Gasteiger partial charge is 0.332 e. The number of carboxylic acid groups (broad SMARTS) is 1. The van der Waals surface area contributed by atoms with Crippen molar-refractivity contribution >= 4 is 5.97 Å². The van der Waals surface area contributed by atoms with Gasteiger partial charge in [0.05, 0.1) is 19.8 Å². The summed E-state index contributed by atoms with van der Waals surface area (Å²) < 4.78 is 0. The Bertz CT molecular complexity index is 144. The summed E-state index contributed by atoms with van der Waals surface area (Å²) in [5.41, 5.74) is -0.708. The van der Waals surface area contributed by atoms with Gasteiger partial charge < -0.3 is 25.5 Å². The number of aliphatic hydroxyl groups is 4. The molecule has 5 N–H and O–H groups in total. The molecule has 0 radical (unpaired) electrons. The normalized spacial score (nSPS) is 12.7. The van der Waals surface area contributed by atoms with E-state index in [-0.39, 0.29) is 19.8 Å². The molecule has 0 amide bonds. The Kier molecular flexibility index (Phi) is 8.66. The third kappa shape index (κ3) is 7.93. The fourth-order valence-corrected chi connectivity index (χ4v) is 0.150. The molecule has 0 aliphatic carbocycles. The van der Waals surface area contributed by atoms with E-state index in [2.05, 4.69) is 0 Å². The lowest BCUT2D eigenvalue weighted by Gasteiger charge is -2.20. The lowest BCUT2D eigenvalue weighted by Crippen LogP contribution is -2.29. The van der Waals surface area contributed by atoms with E-state index in [0.717, 1.165) is 0 Å². The summed E-state index contributed by atoms with van der Waals surface area (Å²) >= 11 is 0. The van der Waals surface area contributed by atoms with Crippen LogP contribution >= 0.6 is 0 Å². The van der Waals surface area contributed by atoms with E-state index in [4.69, 9.17) is 25.5 Å². The summed E-state index contributed by atoms with van der Waals surface area (Å²) in [5.74, 6) is -1.19. The van der Waals surface area contributed by atoms with Crippen LogP contribution in [0.4, 0.5) is 0 Å².